The van der Waals surface area contributed by atoms with Gasteiger partial charge in [-0.05, 0) is 88.6 Å². The molecule has 0 unspecified atom stereocenters. The largest absolute Gasteiger partial charge is 0.456 e. The van der Waals surface area contributed by atoms with Gasteiger partial charge in [0.05, 0.1) is 0 Å². The lowest BCUT2D eigenvalue weighted by atomic mass is 9.94. The topological polar surface area (TPSA) is 112 Å². The lowest BCUT2D eigenvalue weighted by Crippen LogP contribution is -2.49. The molecule has 0 spiro atoms. The van der Waals surface area contributed by atoms with Gasteiger partial charge in [-0.3, -0.25) is 9.89 Å². The lowest BCUT2D eigenvalue weighted by Gasteiger charge is -2.37. The summed E-state index contributed by atoms with van der Waals surface area (Å²) >= 11 is 0. The Morgan fingerprint density at radius 2 is 1.90 bits per heavy atom. The second-order valence-corrected chi connectivity index (χ2v) is 11.5. The molecule has 1 atom stereocenters. The first-order valence-corrected chi connectivity index (χ1v) is 14.7. The van der Waals surface area contributed by atoms with E-state index in [0.29, 0.717) is 41.3 Å². The number of ether oxygens (including phenoxy) is 1. The Hall–Kier alpha value is -4.44. The molecule has 2 aromatic carbocycles. The molecule has 7 rings (SSSR count). The standard InChI is InChI=1S/C32H35N7O3/c1-20-5-3-7-25-28(20)42-31(35-25)21-8-10-24(11-9-21)41-26-12-15-33-29-27(26)30(37-36-29)34-23-6-4-16-39(19-23)32(40)22-13-17-38(2)18-14-22/h3,5,7-12,15,22-23H,4,6,13-14,16-19H2,1-2H3,(H2,33,34,36,37)/t23-/m1/s1. The molecule has 3 aromatic heterocycles. The Labute approximate surface area is 244 Å². The molecule has 2 N–H and O–H groups in total. The minimum Gasteiger partial charge on any atom is -0.456 e. The van der Waals surface area contributed by atoms with E-state index in [1.54, 1.807) is 6.20 Å². The highest BCUT2D eigenvalue weighted by molar-refractivity contribution is 5.93. The van der Waals surface area contributed by atoms with E-state index < -0.39 is 0 Å². The minimum atomic E-state index is 0.104. The summed E-state index contributed by atoms with van der Waals surface area (Å²) in [5.74, 6) is 3.02. The highest BCUT2D eigenvalue weighted by Gasteiger charge is 2.31. The molecule has 10 heteroatoms. The molecule has 0 aliphatic carbocycles. The van der Waals surface area contributed by atoms with Crippen molar-refractivity contribution in [3.63, 3.8) is 0 Å². The number of carbonyl (C=O) groups is 1. The summed E-state index contributed by atoms with van der Waals surface area (Å²) in [5.41, 5.74) is 4.22. The zero-order valence-electron chi connectivity index (χ0n) is 24.0. The average Bonchev–Trinajstić information content (AvgIpc) is 3.64. The highest BCUT2D eigenvalue weighted by Crippen LogP contribution is 2.35. The first-order valence-electron chi connectivity index (χ1n) is 14.7. The van der Waals surface area contributed by atoms with E-state index >= 15 is 0 Å². The summed E-state index contributed by atoms with van der Waals surface area (Å²) in [6.45, 7) is 5.48. The van der Waals surface area contributed by atoms with Gasteiger partial charge in [0.25, 0.3) is 0 Å². The number of rotatable bonds is 6. The van der Waals surface area contributed by atoms with E-state index in [1.165, 1.54) is 0 Å². The van der Waals surface area contributed by atoms with Crippen LogP contribution in [0.15, 0.2) is 59.1 Å². The Balaban J connectivity index is 1.07. The summed E-state index contributed by atoms with van der Waals surface area (Å²) < 4.78 is 12.4. The molecule has 10 nitrogen and oxygen atoms in total. The van der Waals surface area contributed by atoms with Crippen molar-refractivity contribution in [1.29, 1.82) is 0 Å². The van der Waals surface area contributed by atoms with Crippen molar-refractivity contribution in [2.75, 3.05) is 38.5 Å². The molecule has 5 heterocycles. The van der Waals surface area contributed by atoms with Gasteiger partial charge in [0, 0.05) is 42.9 Å². The zero-order chi connectivity index (χ0) is 28.6. The number of anilines is 1. The van der Waals surface area contributed by atoms with Crippen LogP contribution in [-0.2, 0) is 4.79 Å². The third-order valence-electron chi connectivity index (χ3n) is 8.51. The number of hydrogen-bond donors (Lipinski definition) is 2. The van der Waals surface area contributed by atoms with Crippen molar-refractivity contribution in [3.8, 4) is 23.0 Å². The normalized spacial score (nSPS) is 18.5. The summed E-state index contributed by atoms with van der Waals surface area (Å²) in [4.78, 5) is 26.7. The number of piperidine rings is 2. The Morgan fingerprint density at radius 1 is 1.07 bits per heavy atom. The second-order valence-electron chi connectivity index (χ2n) is 11.5. The third-order valence-corrected chi connectivity index (χ3v) is 8.51. The van der Waals surface area contributed by atoms with Crippen molar-refractivity contribution in [2.24, 2.45) is 5.92 Å². The maximum Gasteiger partial charge on any atom is 0.227 e. The smallest absolute Gasteiger partial charge is 0.227 e. The summed E-state index contributed by atoms with van der Waals surface area (Å²) in [6.07, 6.45) is 5.52. The molecule has 2 aliphatic rings. The molecule has 0 bridgehead atoms. The van der Waals surface area contributed by atoms with Crippen LogP contribution in [0.25, 0.3) is 33.6 Å². The number of H-pyrrole nitrogens is 1. The molecule has 216 valence electrons. The van der Waals surface area contributed by atoms with E-state index in [-0.39, 0.29) is 12.0 Å². The molecule has 1 amide bonds. The van der Waals surface area contributed by atoms with Crippen LogP contribution in [0.5, 0.6) is 11.5 Å². The monoisotopic (exact) mass is 565 g/mol. The molecule has 5 aromatic rings. The number of carbonyl (C=O) groups excluding carboxylic acids is 1. The van der Waals surface area contributed by atoms with E-state index in [4.69, 9.17) is 9.15 Å². The number of aromatic nitrogens is 4. The van der Waals surface area contributed by atoms with E-state index in [2.05, 4.69) is 37.4 Å². The Bertz CT molecular complexity index is 1720. The van der Waals surface area contributed by atoms with E-state index in [9.17, 15) is 4.79 Å². The predicted molar refractivity (Wildman–Crippen MR) is 162 cm³/mol. The van der Waals surface area contributed by atoms with Crippen LogP contribution in [0.1, 0.15) is 31.2 Å². The van der Waals surface area contributed by atoms with Crippen LogP contribution in [0, 0.1) is 12.8 Å². The molecule has 0 saturated carbocycles. The number of oxazole rings is 1. The van der Waals surface area contributed by atoms with Gasteiger partial charge in [-0.1, -0.05) is 12.1 Å². The maximum atomic E-state index is 13.3. The van der Waals surface area contributed by atoms with Crippen molar-refractivity contribution >= 4 is 33.9 Å². The van der Waals surface area contributed by atoms with Crippen molar-refractivity contribution in [3.05, 3.63) is 60.3 Å². The number of likely N-dealkylation sites (tertiary alicyclic amines) is 2. The fraction of sp³-hybridized carbons (Fsp3) is 0.375. The number of para-hydroxylation sites is 1. The Morgan fingerprint density at radius 3 is 2.71 bits per heavy atom. The number of amides is 1. The van der Waals surface area contributed by atoms with Crippen LogP contribution in [0.2, 0.25) is 0 Å². The fourth-order valence-electron chi connectivity index (χ4n) is 6.12. The van der Waals surface area contributed by atoms with Gasteiger partial charge < -0.3 is 24.3 Å². The predicted octanol–water partition coefficient (Wildman–Crippen LogP) is 5.61. The van der Waals surface area contributed by atoms with Crippen LogP contribution in [-0.4, -0.2) is 75.1 Å². The second kappa shape index (κ2) is 11.1. The molecular formula is C32H35N7O3. The van der Waals surface area contributed by atoms with Crippen LogP contribution in [0.3, 0.4) is 0 Å². The third kappa shape index (κ3) is 5.18. The first kappa shape index (κ1) is 26.5. The minimum absolute atomic E-state index is 0.104. The molecule has 2 saturated heterocycles. The molecule has 2 aliphatic heterocycles. The maximum absolute atomic E-state index is 13.3. The van der Waals surface area contributed by atoms with Crippen LogP contribution < -0.4 is 10.1 Å². The highest BCUT2D eigenvalue weighted by atomic mass is 16.5. The number of hydrogen-bond acceptors (Lipinski definition) is 8. The number of nitrogens with one attached hydrogen (secondary N) is 2. The number of aromatic amines is 1. The van der Waals surface area contributed by atoms with Gasteiger partial charge in [0.15, 0.2) is 17.0 Å². The van der Waals surface area contributed by atoms with Crippen LogP contribution >= 0.6 is 0 Å². The van der Waals surface area contributed by atoms with Crippen molar-refractivity contribution < 1.29 is 13.9 Å². The lowest BCUT2D eigenvalue weighted by molar-refractivity contribution is -0.138. The molecular weight excluding hydrogens is 530 g/mol. The SMILES string of the molecule is Cc1cccc2nc(-c3ccc(Oc4ccnc5[nH]nc(N[C@@H]6CCCN(C(=O)C7CCN(C)CC7)C6)c45)cc3)oc12. The van der Waals surface area contributed by atoms with Gasteiger partial charge >= 0.3 is 0 Å². The van der Waals surface area contributed by atoms with Crippen molar-refractivity contribution in [2.45, 2.75) is 38.6 Å². The van der Waals surface area contributed by atoms with Gasteiger partial charge in [-0.2, -0.15) is 5.10 Å². The summed E-state index contributed by atoms with van der Waals surface area (Å²) in [6, 6.07) is 15.6. The van der Waals surface area contributed by atoms with Crippen LogP contribution in [0.4, 0.5) is 5.82 Å². The molecule has 2 fully saturated rings. The van der Waals surface area contributed by atoms with Gasteiger partial charge in [-0.15, -0.1) is 0 Å². The Kier molecular flexibility index (Phi) is 6.99. The summed E-state index contributed by atoms with van der Waals surface area (Å²) in [7, 11) is 2.12. The van der Waals surface area contributed by atoms with Gasteiger partial charge in [0.2, 0.25) is 11.8 Å². The van der Waals surface area contributed by atoms with Crippen molar-refractivity contribution in [1.82, 2.24) is 30.0 Å². The number of nitrogens with zero attached hydrogens (tertiary/aromatic N) is 5. The average molecular weight is 566 g/mol. The number of benzene rings is 2. The van der Waals surface area contributed by atoms with E-state index in [1.807, 2.05) is 60.4 Å². The van der Waals surface area contributed by atoms with E-state index in [0.717, 1.165) is 72.9 Å². The quantitative estimate of drug-likeness (QED) is 0.273. The van der Waals surface area contributed by atoms with Gasteiger partial charge in [0.1, 0.15) is 22.4 Å². The number of pyridine rings is 1. The molecule has 0 radical (unpaired) electrons. The molecule has 42 heavy (non-hydrogen) atoms. The number of fused-ring (bicyclic) bond motifs is 2. The van der Waals surface area contributed by atoms with Gasteiger partial charge in [-0.25, -0.2) is 9.97 Å². The number of aryl methyl sites for hydroxylation is 1. The fourth-order valence-corrected chi connectivity index (χ4v) is 6.12. The summed E-state index contributed by atoms with van der Waals surface area (Å²) in [5, 5.41) is 11.9. The zero-order valence-corrected chi connectivity index (χ0v) is 24.0. The first-order chi connectivity index (χ1) is 20.5.